The highest BCUT2D eigenvalue weighted by atomic mass is 35.5. The van der Waals surface area contributed by atoms with Gasteiger partial charge in [-0.3, -0.25) is 0 Å². The molecule has 0 saturated carbocycles. The van der Waals surface area contributed by atoms with E-state index >= 15 is 0 Å². The highest BCUT2D eigenvalue weighted by molar-refractivity contribution is 6.29. The minimum atomic E-state index is -4.39. The quantitative estimate of drug-likeness (QED) is 0.550. The van der Waals surface area contributed by atoms with Gasteiger partial charge in [0.15, 0.2) is 0 Å². The molecule has 4 heteroatoms. The maximum atomic E-state index is 12.8. The van der Waals surface area contributed by atoms with E-state index in [4.69, 9.17) is 11.6 Å². The molecule has 0 radical (unpaired) electrons. The first-order valence-electron chi connectivity index (χ1n) is 5.29. The van der Waals surface area contributed by atoms with Crippen LogP contribution in [0.25, 0.3) is 0 Å². The summed E-state index contributed by atoms with van der Waals surface area (Å²) in [7, 11) is 0. The Kier molecular flexibility index (Phi) is 3.99. The predicted octanol–water partition coefficient (Wildman–Crippen LogP) is 4.81. The number of halogens is 4. The molecular weight excluding hydrogens is 249 g/mol. The van der Waals surface area contributed by atoms with Gasteiger partial charge in [-0.2, -0.15) is 13.2 Å². The topological polar surface area (TPSA) is 0 Å². The van der Waals surface area contributed by atoms with Crippen LogP contribution in [0.1, 0.15) is 33.6 Å². The van der Waals surface area contributed by atoms with Crippen LogP contribution in [-0.4, -0.2) is 6.18 Å². The molecule has 0 saturated heterocycles. The molecule has 0 aliphatic heterocycles. The summed E-state index contributed by atoms with van der Waals surface area (Å²) in [5.41, 5.74) is -0.878. The number of rotatable bonds is 0. The van der Waals surface area contributed by atoms with Crippen LogP contribution in [0.5, 0.6) is 0 Å². The van der Waals surface area contributed by atoms with Crippen molar-refractivity contribution in [2.24, 2.45) is 5.41 Å². The van der Waals surface area contributed by atoms with E-state index in [1.165, 1.54) is 0 Å². The Labute approximate surface area is 105 Å². The number of alkyl halides is 3. The number of hydrogen-bond donors (Lipinski definition) is 0. The summed E-state index contributed by atoms with van der Waals surface area (Å²) in [6.07, 6.45) is -2.72. The van der Waals surface area contributed by atoms with Gasteiger partial charge in [0.1, 0.15) is 0 Å². The van der Waals surface area contributed by atoms with Gasteiger partial charge < -0.3 is 0 Å². The lowest BCUT2D eigenvalue weighted by Gasteiger charge is -2.17. The van der Waals surface area contributed by atoms with Crippen LogP contribution < -0.4 is 0 Å². The third kappa shape index (κ3) is 4.47. The van der Waals surface area contributed by atoms with Crippen LogP contribution in [0.15, 0.2) is 22.3 Å². The van der Waals surface area contributed by atoms with Crippen molar-refractivity contribution in [3.63, 3.8) is 0 Å². The van der Waals surface area contributed by atoms with Crippen LogP contribution in [0.3, 0.4) is 0 Å². The zero-order valence-electron chi connectivity index (χ0n) is 10.0. The molecule has 1 rings (SSSR count). The molecule has 0 heterocycles. The lowest BCUT2D eigenvalue weighted by atomic mass is 9.93. The van der Waals surface area contributed by atoms with Crippen LogP contribution >= 0.6 is 11.6 Å². The molecule has 94 valence electrons. The molecule has 0 aromatic carbocycles. The Balaban J connectivity index is 3.19. The molecule has 0 aromatic rings. The summed E-state index contributed by atoms with van der Waals surface area (Å²) < 4.78 is 38.3. The summed E-state index contributed by atoms with van der Waals surface area (Å²) in [6.45, 7) is 5.58. The SMILES string of the molecule is CC(C)(C)C#CC1=C(C(F)(F)F)C=C(Cl)CC1. The Morgan fingerprint density at radius 2 is 1.76 bits per heavy atom. The van der Waals surface area contributed by atoms with Gasteiger partial charge in [0.25, 0.3) is 0 Å². The Bertz CT molecular complexity index is 422. The Morgan fingerprint density at radius 3 is 2.24 bits per heavy atom. The van der Waals surface area contributed by atoms with Crippen LogP contribution in [0.4, 0.5) is 13.2 Å². The summed E-state index contributed by atoms with van der Waals surface area (Å²) in [5.74, 6) is 5.47. The van der Waals surface area contributed by atoms with E-state index in [9.17, 15) is 13.2 Å². The van der Waals surface area contributed by atoms with Crippen LogP contribution in [0, 0.1) is 17.3 Å². The second-order valence-corrected chi connectivity index (χ2v) is 5.47. The van der Waals surface area contributed by atoms with Crippen molar-refractivity contribution in [3.8, 4) is 11.8 Å². The van der Waals surface area contributed by atoms with E-state index in [0.29, 0.717) is 6.42 Å². The van der Waals surface area contributed by atoms with E-state index < -0.39 is 11.7 Å². The van der Waals surface area contributed by atoms with Gasteiger partial charge in [-0.05, 0) is 39.7 Å². The van der Waals surface area contributed by atoms with Gasteiger partial charge in [0.05, 0.1) is 5.57 Å². The van der Waals surface area contributed by atoms with E-state index in [1.54, 1.807) is 0 Å². The van der Waals surface area contributed by atoms with Crippen molar-refractivity contribution in [1.82, 2.24) is 0 Å². The molecule has 17 heavy (non-hydrogen) atoms. The standard InChI is InChI=1S/C13H14ClF3/c1-12(2,3)7-6-9-4-5-10(14)8-11(9)13(15,16)17/h8H,4-5H2,1-3H3. The first kappa shape index (κ1) is 14.2. The van der Waals surface area contributed by atoms with E-state index in [1.807, 2.05) is 20.8 Å². The van der Waals surface area contributed by atoms with Gasteiger partial charge in [-0.1, -0.05) is 23.4 Å². The molecule has 1 aliphatic carbocycles. The number of allylic oxidation sites excluding steroid dienone is 4. The Hall–Kier alpha value is -0.880. The summed E-state index contributed by atoms with van der Waals surface area (Å²) in [5, 5.41) is 0.235. The summed E-state index contributed by atoms with van der Waals surface area (Å²) >= 11 is 5.65. The van der Waals surface area contributed by atoms with Crippen molar-refractivity contribution in [1.29, 1.82) is 0 Å². The van der Waals surface area contributed by atoms with Gasteiger partial charge in [0.2, 0.25) is 0 Å². The molecule has 0 unspecified atom stereocenters. The minimum absolute atomic E-state index is 0.136. The normalized spacial score (nSPS) is 17.5. The molecular formula is C13H14ClF3. The van der Waals surface area contributed by atoms with Crippen molar-refractivity contribution in [3.05, 3.63) is 22.3 Å². The van der Waals surface area contributed by atoms with E-state index in [2.05, 4.69) is 11.8 Å². The van der Waals surface area contributed by atoms with Gasteiger partial charge in [-0.15, -0.1) is 0 Å². The highest BCUT2D eigenvalue weighted by Gasteiger charge is 2.36. The summed E-state index contributed by atoms with van der Waals surface area (Å²) in [6, 6.07) is 0. The molecule has 1 aliphatic rings. The molecule has 0 N–H and O–H groups in total. The monoisotopic (exact) mass is 262 g/mol. The largest absolute Gasteiger partial charge is 0.417 e. The molecule has 0 bridgehead atoms. The predicted molar refractivity (Wildman–Crippen MR) is 63.5 cm³/mol. The fraction of sp³-hybridized carbons (Fsp3) is 0.538. The molecule has 0 nitrogen and oxygen atoms in total. The second-order valence-electron chi connectivity index (χ2n) is 4.98. The minimum Gasteiger partial charge on any atom is -0.166 e. The lowest BCUT2D eigenvalue weighted by molar-refractivity contribution is -0.0891. The van der Waals surface area contributed by atoms with E-state index in [-0.39, 0.29) is 22.4 Å². The fourth-order valence-electron chi connectivity index (χ4n) is 1.34. The molecule has 0 fully saturated rings. The van der Waals surface area contributed by atoms with Crippen LogP contribution in [0.2, 0.25) is 0 Å². The third-order valence-corrected chi connectivity index (χ3v) is 2.43. The second kappa shape index (κ2) is 4.78. The number of hydrogen-bond acceptors (Lipinski definition) is 0. The zero-order valence-corrected chi connectivity index (χ0v) is 10.8. The fourth-order valence-corrected chi connectivity index (χ4v) is 1.54. The molecule has 0 amide bonds. The van der Waals surface area contributed by atoms with Gasteiger partial charge in [-0.25, -0.2) is 0 Å². The maximum Gasteiger partial charge on any atom is 0.417 e. The van der Waals surface area contributed by atoms with Gasteiger partial charge >= 0.3 is 6.18 Å². The smallest absolute Gasteiger partial charge is 0.166 e. The lowest BCUT2D eigenvalue weighted by Crippen LogP contribution is -2.15. The first-order chi connectivity index (χ1) is 7.59. The first-order valence-corrected chi connectivity index (χ1v) is 5.67. The zero-order chi connectivity index (χ0) is 13.3. The van der Waals surface area contributed by atoms with Crippen molar-refractivity contribution in [2.75, 3.05) is 0 Å². The molecule has 0 aromatic heterocycles. The summed E-state index contributed by atoms with van der Waals surface area (Å²) in [4.78, 5) is 0. The average Bonchev–Trinajstić information content (AvgIpc) is 2.13. The molecule has 0 atom stereocenters. The van der Waals surface area contributed by atoms with Crippen LogP contribution in [-0.2, 0) is 0 Å². The van der Waals surface area contributed by atoms with E-state index in [0.717, 1.165) is 6.08 Å². The molecule has 0 spiro atoms. The maximum absolute atomic E-state index is 12.8. The van der Waals surface area contributed by atoms with Crippen molar-refractivity contribution in [2.45, 2.75) is 39.8 Å². The van der Waals surface area contributed by atoms with Crippen molar-refractivity contribution >= 4 is 11.6 Å². The highest BCUT2D eigenvalue weighted by Crippen LogP contribution is 2.36. The third-order valence-electron chi connectivity index (χ3n) is 2.13. The Morgan fingerprint density at radius 1 is 1.18 bits per heavy atom. The average molecular weight is 263 g/mol. The van der Waals surface area contributed by atoms with Gasteiger partial charge in [0, 0.05) is 16.0 Å². The van der Waals surface area contributed by atoms with Crippen molar-refractivity contribution < 1.29 is 13.2 Å².